The van der Waals surface area contributed by atoms with Gasteiger partial charge in [-0.15, -0.1) is 0 Å². The summed E-state index contributed by atoms with van der Waals surface area (Å²) in [4.78, 5) is 37.6. The van der Waals surface area contributed by atoms with E-state index in [1.165, 1.54) is 15.0 Å². The Bertz CT molecular complexity index is 1050. The van der Waals surface area contributed by atoms with Crippen molar-refractivity contribution in [3.8, 4) is 0 Å². The van der Waals surface area contributed by atoms with E-state index in [0.717, 1.165) is 12.0 Å². The third kappa shape index (κ3) is 5.13. The fourth-order valence-electron chi connectivity index (χ4n) is 3.00. The molecule has 1 aromatic heterocycles. The monoisotopic (exact) mass is 396 g/mol. The number of amides is 1. The Morgan fingerprint density at radius 1 is 1.07 bits per heavy atom. The van der Waals surface area contributed by atoms with E-state index in [-0.39, 0.29) is 25.5 Å². The number of benzene rings is 2. The zero-order chi connectivity index (χ0) is 20.8. The number of carbonyl (C=O) groups excluding carboxylic acids is 2. The zero-order valence-corrected chi connectivity index (χ0v) is 16.6. The average molecular weight is 396 g/mol. The van der Waals surface area contributed by atoms with Gasteiger partial charge in [-0.25, -0.2) is 4.79 Å². The van der Waals surface area contributed by atoms with Crippen LogP contribution in [-0.2, 0) is 33.8 Å². The number of fused-ring (bicyclic) bond motifs is 1. The van der Waals surface area contributed by atoms with E-state index in [1.54, 1.807) is 31.3 Å². The Labute approximate surface area is 168 Å². The van der Waals surface area contributed by atoms with Gasteiger partial charge < -0.3 is 14.1 Å². The highest BCUT2D eigenvalue weighted by Gasteiger charge is 2.14. The lowest BCUT2D eigenvalue weighted by Gasteiger charge is -2.17. The molecular formula is C22H24N2O5. The fraction of sp³-hybridized carbons (Fsp3) is 0.318. The first-order valence-electron chi connectivity index (χ1n) is 9.53. The number of aromatic nitrogens is 1. The van der Waals surface area contributed by atoms with Gasteiger partial charge in [0.25, 0.3) is 5.91 Å². The van der Waals surface area contributed by atoms with Crippen LogP contribution in [0, 0.1) is 0 Å². The third-order valence-electron chi connectivity index (χ3n) is 4.75. The van der Waals surface area contributed by atoms with Crippen LogP contribution in [0.2, 0.25) is 0 Å². The number of hydrogen-bond donors (Lipinski definition) is 0. The van der Waals surface area contributed by atoms with Gasteiger partial charge >= 0.3 is 11.7 Å². The van der Waals surface area contributed by atoms with Crippen LogP contribution in [0.15, 0.2) is 57.7 Å². The second-order valence-corrected chi connectivity index (χ2v) is 6.82. The maximum absolute atomic E-state index is 12.2. The normalized spacial score (nSPS) is 10.8. The predicted octanol–water partition coefficient (Wildman–Crippen LogP) is 2.75. The van der Waals surface area contributed by atoms with Crippen LogP contribution in [0.3, 0.4) is 0 Å². The van der Waals surface area contributed by atoms with Crippen LogP contribution < -0.4 is 5.76 Å². The van der Waals surface area contributed by atoms with Gasteiger partial charge in [0, 0.05) is 20.1 Å². The summed E-state index contributed by atoms with van der Waals surface area (Å²) in [5.74, 6) is -1.36. The summed E-state index contributed by atoms with van der Waals surface area (Å²) in [6.45, 7) is 2.33. The van der Waals surface area contributed by atoms with E-state index in [4.69, 9.17) is 9.15 Å². The number of carbonyl (C=O) groups is 2. The van der Waals surface area contributed by atoms with Gasteiger partial charge in [0.2, 0.25) is 0 Å². The molecule has 0 saturated heterocycles. The van der Waals surface area contributed by atoms with Gasteiger partial charge in [-0.1, -0.05) is 43.3 Å². The molecule has 0 fully saturated rings. The summed E-state index contributed by atoms with van der Waals surface area (Å²) in [6.07, 6.45) is 0.935. The number of aryl methyl sites for hydroxylation is 2. The van der Waals surface area contributed by atoms with Crippen molar-refractivity contribution in [2.24, 2.45) is 0 Å². The van der Waals surface area contributed by atoms with E-state index in [2.05, 4.69) is 6.92 Å². The Kier molecular flexibility index (Phi) is 6.49. The maximum Gasteiger partial charge on any atom is 0.419 e. The second-order valence-electron chi connectivity index (χ2n) is 6.82. The smallest absolute Gasteiger partial charge is 0.419 e. The Morgan fingerprint density at radius 2 is 1.76 bits per heavy atom. The highest BCUT2D eigenvalue weighted by atomic mass is 16.5. The first-order chi connectivity index (χ1) is 14.0. The quantitative estimate of drug-likeness (QED) is 0.547. The van der Waals surface area contributed by atoms with Crippen molar-refractivity contribution in [3.05, 3.63) is 70.2 Å². The molecule has 0 radical (unpaired) electrons. The highest BCUT2D eigenvalue weighted by molar-refractivity contribution is 5.80. The molecular weight excluding hydrogens is 372 g/mol. The molecule has 0 aliphatic carbocycles. The Morgan fingerprint density at radius 3 is 2.48 bits per heavy atom. The molecule has 0 spiro atoms. The lowest BCUT2D eigenvalue weighted by atomic mass is 10.1. The number of nitrogens with zero attached hydrogens (tertiary/aromatic N) is 2. The summed E-state index contributed by atoms with van der Waals surface area (Å²) < 4.78 is 11.6. The van der Waals surface area contributed by atoms with Crippen molar-refractivity contribution < 1.29 is 18.7 Å². The molecule has 29 heavy (non-hydrogen) atoms. The van der Waals surface area contributed by atoms with Crippen molar-refractivity contribution >= 4 is 23.0 Å². The summed E-state index contributed by atoms with van der Waals surface area (Å²) >= 11 is 0. The number of esters is 1. The fourth-order valence-corrected chi connectivity index (χ4v) is 3.00. The summed E-state index contributed by atoms with van der Waals surface area (Å²) in [7, 11) is 1.67. The lowest BCUT2D eigenvalue weighted by Crippen LogP contribution is -2.31. The summed E-state index contributed by atoms with van der Waals surface area (Å²) in [5.41, 5.74) is 3.33. The van der Waals surface area contributed by atoms with Gasteiger partial charge in [-0.2, -0.15) is 0 Å². The molecule has 0 N–H and O–H groups in total. The molecule has 7 nitrogen and oxygen atoms in total. The second kappa shape index (κ2) is 9.23. The van der Waals surface area contributed by atoms with Gasteiger partial charge in [0.1, 0.15) is 0 Å². The number of para-hydroxylation sites is 2. The molecule has 0 atom stereocenters. The molecule has 0 bridgehead atoms. The van der Waals surface area contributed by atoms with Crippen LogP contribution in [0.4, 0.5) is 0 Å². The number of rotatable bonds is 8. The molecule has 2 aromatic carbocycles. The lowest BCUT2D eigenvalue weighted by molar-refractivity contribution is -0.151. The standard InChI is InChI=1S/C22H24N2O5/c1-3-16-8-10-17(11-9-16)14-23(2)20(25)15-28-21(26)12-13-24-18-6-4-5-7-19(18)29-22(24)27/h4-11H,3,12-15H2,1-2H3. The van der Waals surface area contributed by atoms with Crippen LogP contribution >= 0.6 is 0 Å². The van der Waals surface area contributed by atoms with Gasteiger partial charge in [0.15, 0.2) is 12.2 Å². The van der Waals surface area contributed by atoms with Crippen LogP contribution in [0.1, 0.15) is 24.5 Å². The topological polar surface area (TPSA) is 81.8 Å². The summed E-state index contributed by atoms with van der Waals surface area (Å²) in [5, 5.41) is 0. The Hall–Kier alpha value is -3.35. The maximum atomic E-state index is 12.2. The molecule has 0 aliphatic rings. The first kappa shape index (κ1) is 20.4. The molecule has 0 aliphatic heterocycles. The van der Waals surface area contributed by atoms with Gasteiger partial charge in [-0.05, 0) is 29.7 Å². The molecule has 0 saturated carbocycles. The van der Waals surface area contributed by atoms with E-state index < -0.39 is 11.7 Å². The first-order valence-corrected chi connectivity index (χ1v) is 9.53. The molecule has 1 heterocycles. The largest absolute Gasteiger partial charge is 0.456 e. The molecule has 7 heteroatoms. The number of oxazole rings is 1. The average Bonchev–Trinajstić information content (AvgIpc) is 3.05. The third-order valence-corrected chi connectivity index (χ3v) is 4.75. The molecule has 3 rings (SSSR count). The van der Waals surface area contributed by atoms with Crippen molar-refractivity contribution in [1.82, 2.24) is 9.47 Å². The summed E-state index contributed by atoms with van der Waals surface area (Å²) in [6, 6.07) is 15.0. The van der Waals surface area contributed by atoms with Crippen molar-refractivity contribution in [2.75, 3.05) is 13.7 Å². The van der Waals surface area contributed by atoms with Gasteiger partial charge in [-0.3, -0.25) is 14.2 Å². The van der Waals surface area contributed by atoms with Crippen molar-refractivity contribution in [3.63, 3.8) is 0 Å². The number of likely N-dealkylation sites (N-methyl/N-ethyl adjacent to an activating group) is 1. The van der Waals surface area contributed by atoms with E-state index in [0.29, 0.717) is 17.6 Å². The van der Waals surface area contributed by atoms with Gasteiger partial charge in [0.05, 0.1) is 11.9 Å². The number of ether oxygens (including phenoxy) is 1. The molecule has 1 amide bonds. The van der Waals surface area contributed by atoms with E-state index >= 15 is 0 Å². The van der Waals surface area contributed by atoms with Crippen molar-refractivity contribution in [2.45, 2.75) is 32.9 Å². The van der Waals surface area contributed by atoms with E-state index in [9.17, 15) is 14.4 Å². The van der Waals surface area contributed by atoms with E-state index in [1.807, 2.05) is 24.3 Å². The minimum absolute atomic E-state index is 0.0289. The van der Waals surface area contributed by atoms with Crippen molar-refractivity contribution in [1.29, 1.82) is 0 Å². The minimum Gasteiger partial charge on any atom is -0.456 e. The highest BCUT2D eigenvalue weighted by Crippen LogP contribution is 2.12. The molecule has 0 unspecified atom stereocenters. The molecule has 3 aromatic rings. The zero-order valence-electron chi connectivity index (χ0n) is 16.6. The van der Waals surface area contributed by atoms with Crippen LogP contribution in [0.25, 0.3) is 11.1 Å². The predicted molar refractivity (Wildman–Crippen MR) is 108 cm³/mol. The minimum atomic E-state index is -0.545. The SMILES string of the molecule is CCc1ccc(CN(C)C(=O)COC(=O)CCn2c(=O)oc3ccccc32)cc1. The Balaban J connectivity index is 1.47. The van der Waals surface area contributed by atoms with Crippen LogP contribution in [-0.4, -0.2) is 35.0 Å². The molecule has 152 valence electrons. The number of hydrogen-bond acceptors (Lipinski definition) is 5. The van der Waals surface area contributed by atoms with Crippen LogP contribution in [0.5, 0.6) is 0 Å².